The molecule has 1 aromatic rings. The van der Waals surface area contributed by atoms with Crippen molar-refractivity contribution in [2.24, 2.45) is 24.8 Å². The minimum Gasteiger partial charge on any atom is -0.369 e. The summed E-state index contributed by atoms with van der Waals surface area (Å²) < 4.78 is 2.14. The number of aliphatic imine (C=N–C) groups is 1. The highest BCUT2D eigenvalue weighted by atomic mass is 16.2. The van der Waals surface area contributed by atoms with Gasteiger partial charge in [0.1, 0.15) is 5.69 Å². The number of primary amides is 1. The van der Waals surface area contributed by atoms with E-state index in [1.165, 1.54) is 24.9 Å². The summed E-state index contributed by atoms with van der Waals surface area (Å²) in [5.41, 5.74) is 4.02. The maximum Gasteiger partial charge on any atom is 0.332 e. The molecule has 0 unspecified atom stereocenters. The molecular weight excluding hydrogens is 238 g/mol. The first-order valence-corrected chi connectivity index (χ1v) is 5.21. The Morgan fingerprint density at radius 1 is 1.39 bits per heavy atom. The van der Waals surface area contributed by atoms with E-state index in [0.29, 0.717) is 0 Å². The van der Waals surface area contributed by atoms with Crippen molar-refractivity contribution in [1.29, 1.82) is 0 Å². The maximum absolute atomic E-state index is 11.9. The van der Waals surface area contributed by atoms with Crippen LogP contribution in [0, 0.1) is 0 Å². The Bertz CT molecular complexity index is 611. The fourth-order valence-electron chi connectivity index (χ4n) is 1.44. The average Bonchev–Trinajstić information content (AvgIpc) is 2.32. The molecule has 0 spiro atoms. The SMILES string of the molecule is CC=Nc1c(NCC(N)=O)c(=O)n(C)c(=O)n1C. The minimum atomic E-state index is -0.614. The fourth-order valence-corrected chi connectivity index (χ4v) is 1.44. The number of hydrogen-bond donors (Lipinski definition) is 2. The Morgan fingerprint density at radius 2 is 2.00 bits per heavy atom. The van der Waals surface area contributed by atoms with Crippen LogP contribution in [0.4, 0.5) is 11.5 Å². The van der Waals surface area contributed by atoms with E-state index in [0.717, 1.165) is 4.57 Å². The number of nitrogens with two attached hydrogens (primary N) is 1. The number of rotatable bonds is 4. The molecule has 0 aliphatic carbocycles. The Morgan fingerprint density at radius 3 is 2.50 bits per heavy atom. The largest absolute Gasteiger partial charge is 0.369 e. The molecule has 98 valence electrons. The van der Waals surface area contributed by atoms with Gasteiger partial charge >= 0.3 is 5.69 Å². The first kappa shape index (κ1) is 13.7. The number of anilines is 1. The molecule has 0 saturated heterocycles. The van der Waals surface area contributed by atoms with Crippen LogP contribution in [0.2, 0.25) is 0 Å². The molecule has 1 rings (SSSR count). The van der Waals surface area contributed by atoms with Crippen LogP contribution in [0.25, 0.3) is 0 Å². The van der Waals surface area contributed by atoms with Crippen LogP contribution < -0.4 is 22.3 Å². The summed E-state index contributed by atoms with van der Waals surface area (Å²) in [6.07, 6.45) is 1.45. The molecule has 18 heavy (non-hydrogen) atoms. The van der Waals surface area contributed by atoms with Gasteiger partial charge in [0.2, 0.25) is 5.91 Å². The lowest BCUT2D eigenvalue weighted by Crippen LogP contribution is -2.39. The van der Waals surface area contributed by atoms with Crippen LogP contribution >= 0.6 is 0 Å². The van der Waals surface area contributed by atoms with Gasteiger partial charge in [0.15, 0.2) is 5.82 Å². The monoisotopic (exact) mass is 253 g/mol. The normalized spacial score (nSPS) is 10.8. The molecule has 3 N–H and O–H groups in total. The van der Waals surface area contributed by atoms with Crippen LogP contribution in [0.5, 0.6) is 0 Å². The van der Waals surface area contributed by atoms with Gasteiger partial charge in [0.25, 0.3) is 5.56 Å². The summed E-state index contributed by atoms with van der Waals surface area (Å²) in [7, 11) is 2.83. The number of carbonyl (C=O) groups excluding carboxylic acids is 1. The first-order chi connectivity index (χ1) is 8.40. The van der Waals surface area contributed by atoms with Crippen molar-refractivity contribution in [3.05, 3.63) is 20.8 Å². The van der Waals surface area contributed by atoms with Crippen molar-refractivity contribution in [2.45, 2.75) is 6.92 Å². The van der Waals surface area contributed by atoms with Crippen LogP contribution in [0.3, 0.4) is 0 Å². The summed E-state index contributed by atoms with van der Waals surface area (Å²) in [6.45, 7) is 1.44. The van der Waals surface area contributed by atoms with Gasteiger partial charge in [0, 0.05) is 20.3 Å². The lowest BCUT2D eigenvalue weighted by molar-refractivity contribution is -0.116. The van der Waals surface area contributed by atoms with E-state index in [9.17, 15) is 14.4 Å². The zero-order chi connectivity index (χ0) is 13.9. The van der Waals surface area contributed by atoms with Gasteiger partial charge in [-0.25, -0.2) is 9.79 Å². The van der Waals surface area contributed by atoms with Gasteiger partial charge < -0.3 is 11.1 Å². The Balaban J connectivity index is 3.51. The topological polar surface area (TPSA) is 111 Å². The van der Waals surface area contributed by atoms with Gasteiger partial charge in [-0.3, -0.25) is 18.7 Å². The van der Waals surface area contributed by atoms with Crippen molar-refractivity contribution in [1.82, 2.24) is 9.13 Å². The van der Waals surface area contributed by atoms with E-state index in [1.54, 1.807) is 6.92 Å². The Hall–Kier alpha value is -2.38. The molecule has 0 aliphatic heterocycles. The average molecular weight is 253 g/mol. The van der Waals surface area contributed by atoms with Gasteiger partial charge in [-0.2, -0.15) is 0 Å². The third-order valence-corrected chi connectivity index (χ3v) is 2.32. The molecule has 0 radical (unpaired) electrons. The summed E-state index contributed by atoms with van der Waals surface area (Å²) in [6, 6.07) is 0. The third-order valence-electron chi connectivity index (χ3n) is 2.32. The third kappa shape index (κ3) is 2.47. The van der Waals surface area contributed by atoms with Crippen LogP contribution in [0.15, 0.2) is 14.6 Å². The molecule has 0 fully saturated rings. The Kier molecular flexibility index (Phi) is 4.03. The van der Waals surface area contributed by atoms with Crippen LogP contribution in [-0.2, 0) is 18.9 Å². The molecule has 1 heterocycles. The zero-order valence-corrected chi connectivity index (χ0v) is 10.4. The second-order valence-corrected chi connectivity index (χ2v) is 3.61. The molecule has 8 nitrogen and oxygen atoms in total. The standard InChI is InChI=1S/C10H15N5O3/c1-4-12-8-7(13-5-6(11)16)9(17)15(3)10(18)14(8)2/h4,13H,5H2,1-3H3,(H2,11,16). The van der Waals surface area contributed by atoms with Crippen molar-refractivity contribution in [3.63, 3.8) is 0 Å². The molecule has 0 atom stereocenters. The van der Waals surface area contributed by atoms with Gasteiger partial charge in [-0.1, -0.05) is 0 Å². The predicted octanol–water partition coefficient (Wildman–Crippen LogP) is -1.30. The van der Waals surface area contributed by atoms with E-state index in [-0.39, 0.29) is 18.1 Å². The highest BCUT2D eigenvalue weighted by Crippen LogP contribution is 2.17. The van der Waals surface area contributed by atoms with E-state index < -0.39 is 17.2 Å². The number of aromatic nitrogens is 2. The van der Waals surface area contributed by atoms with E-state index in [2.05, 4.69) is 10.3 Å². The van der Waals surface area contributed by atoms with Crippen molar-refractivity contribution in [3.8, 4) is 0 Å². The van der Waals surface area contributed by atoms with Crippen LogP contribution in [0.1, 0.15) is 6.92 Å². The summed E-state index contributed by atoms with van der Waals surface area (Å²) in [4.78, 5) is 38.3. The lowest BCUT2D eigenvalue weighted by Gasteiger charge is -2.12. The first-order valence-electron chi connectivity index (χ1n) is 5.21. The zero-order valence-electron chi connectivity index (χ0n) is 10.4. The highest BCUT2D eigenvalue weighted by Gasteiger charge is 2.14. The smallest absolute Gasteiger partial charge is 0.332 e. The van der Waals surface area contributed by atoms with Gasteiger partial charge in [-0.05, 0) is 6.92 Å². The summed E-state index contributed by atoms with van der Waals surface area (Å²) in [5, 5.41) is 2.59. The fraction of sp³-hybridized carbons (Fsp3) is 0.400. The van der Waals surface area contributed by atoms with Gasteiger partial charge in [-0.15, -0.1) is 0 Å². The molecule has 0 aliphatic rings. The molecule has 0 aromatic carbocycles. The predicted molar refractivity (Wildman–Crippen MR) is 68.4 cm³/mol. The van der Waals surface area contributed by atoms with E-state index in [1.807, 2.05) is 0 Å². The minimum absolute atomic E-state index is 0.0662. The maximum atomic E-state index is 11.9. The molecule has 0 bridgehead atoms. The molecule has 8 heteroatoms. The molecule has 1 amide bonds. The van der Waals surface area contributed by atoms with Crippen molar-refractivity contribution < 1.29 is 4.79 Å². The number of nitrogens with one attached hydrogen (secondary N) is 1. The summed E-state index contributed by atoms with van der Waals surface area (Å²) in [5.74, 6) is -0.454. The van der Waals surface area contributed by atoms with Crippen molar-refractivity contribution >= 4 is 23.6 Å². The number of nitrogens with zero attached hydrogens (tertiary/aromatic N) is 3. The second-order valence-electron chi connectivity index (χ2n) is 3.61. The summed E-state index contributed by atoms with van der Waals surface area (Å²) >= 11 is 0. The molecule has 1 aromatic heterocycles. The highest BCUT2D eigenvalue weighted by molar-refractivity contribution is 5.80. The number of amides is 1. The van der Waals surface area contributed by atoms with Crippen LogP contribution in [-0.4, -0.2) is 27.8 Å². The second kappa shape index (κ2) is 5.30. The molecular formula is C10H15N5O3. The van der Waals surface area contributed by atoms with E-state index in [4.69, 9.17) is 5.73 Å². The van der Waals surface area contributed by atoms with E-state index >= 15 is 0 Å². The van der Waals surface area contributed by atoms with Crippen molar-refractivity contribution in [2.75, 3.05) is 11.9 Å². The number of hydrogen-bond acceptors (Lipinski definition) is 5. The Labute approximate surface area is 103 Å². The van der Waals surface area contributed by atoms with Gasteiger partial charge in [0.05, 0.1) is 6.54 Å². The lowest BCUT2D eigenvalue weighted by atomic mass is 10.4. The molecule has 0 saturated carbocycles. The number of carbonyl (C=O) groups is 1. The quantitative estimate of drug-likeness (QED) is 0.650.